The lowest BCUT2D eigenvalue weighted by molar-refractivity contribution is 0.0995. The SMILES string of the molecule is O=C(Nc1nc(-c2cccc(-n3cnnn3)c2)cs1)c1occ2c1CCCC2. The van der Waals surface area contributed by atoms with Crippen molar-refractivity contribution in [1.82, 2.24) is 25.2 Å². The van der Waals surface area contributed by atoms with E-state index in [1.807, 2.05) is 29.6 Å². The van der Waals surface area contributed by atoms with Crippen LogP contribution in [0, 0.1) is 0 Å². The van der Waals surface area contributed by atoms with E-state index in [4.69, 9.17) is 4.42 Å². The average Bonchev–Trinajstić information content (AvgIpc) is 3.48. The molecule has 0 fully saturated rings. The molecule has 0 saturated heterocycles. The van der Waals surface area contributed by atoms with Crippen molar-refractivity contribution in [2.75, 3.05) is 5.32 Å². The first-order chi connectivity index (χ1) is 13.8. The molecule has 3 aromatic heterocycles. The zero-order chi connectivity index (χ0) is 18.9. The number of thiazole rings is 1. The van der Waals surface area contributed by atoms with Gasteiger partial charge >= 0.3 is 0 Å². The number of aromatic nitrogens is 5. The van der Waals surface area contributed by atoms with Crippen molar-refractivity contribution in [3.63, 3.8) is 0 Å². The topological polar surface area (TPSA) is 98.7 Å². The molecule has 1 amide bonds. The number of carbonyl (C=O) groups is 1. The number of nitrogens with zero attached hydrogens (tertiary/aromatic N) is 5. The Hall–Kier alpha value is -3.33. The van der Waals surface area contributed by atoms with E-state index in [2.05, 4.69) is 25.8 Å². The Bertz CT molecular complexity index is 1130. The summed E-state index contributed by atoms with van der Waals surface area (Å²) < 4.78 is 7.13. The molecule has 0 radical (unpaired) electrons. The molecular formula is C19H16N6O2S. The van der Waals surface area contributed by atoms with Crippen LogP contribution in [0.3, 0.4) is 0 Å². The van der Waals surface area contributed by atoms with Crippen LogP contribution < -0.4 is 5.32 Å². The number of aryl methyl sites for hydroxylation is 1. The molecule has 0 atom stereocenters. The van der Waals surface area contributed by atoms with Gasteiger partial charge in [-0.1, -0.05) is 12.1 Å². The quantitative estimate of drug-likeness (QED) is 0.571. The molecule has 0 aliphatic heterocycles. The number of hydrogen-bond acceptors (Lipinski definition) is 7. The third-order valence-corrected chi connectivity index (χ3v) is 5.55. The van der Waals surface area contributed by atoms with Gasteiger partial charge in [0.2, 0.25) is 0 Å². The molecule has 1 aromatic carbocycles. The van der Waals surface area contributed by atoms with Gasteiger partial charge in [-0.25, -0.2) is 9.67 Å². The van der Waals surface area contributed by atoms with Gasteiger partial charge in [0, 0.05) is 16.5 Å². The molecule has 8 nitrogen and oxygen atoms in total. The highest BCUT2D eigenvalue weighted by Crippen LogP contribution is 2.29. The van der Waals surface area contributed by atoms with Crippen LogP contribution in [-0.2, 0) is 12.8 Å². The van der Waals surface area contributed by atoms with E-state index >= 15 is 0 Å². The number of amides is 1. The minimum atomic E-state index is -0.244. The number of anilines is 1. The second kappa shape index (κ2) is 7.01. The van der Waals surface area contributed by atoms with E-state index in [0.717, 1.165) is 53.8 Å². The Morgan fingerprint density at radius 1 is 1.25 bits per heavy atom. The summed E-state index contributed by atoms with van der Waals surface area (Å²) in [5.74, 6) is 0.165. The molecule has 4 aromatic rings. The van der Waals surface area contributed by atoms with Gasteiger partial charge in [0.1, 0.15) is 6.33 Å². The molecule has 0 bridgehead atoms. The van der Waals surface area contributed by atoms with Gasteiger partial charge in [0.25, 0.3) is 5.91 Å². The summed E-state index contributed by atoms with van der Waals surface area (Å²) in [6, 6.07) is 7.73. The molecule has 9 heteroatoms. The fraction of sp³-hybridized carbons (Fsp3) is 0.211. The smallest absolute Gasteiger partial charge is 0.293 e. The molecule has 1 N–H and O–H groups in total. The van der Waals surface area contributed by atoms with Crippen molar-refractivity contribution < 1.29 is 9.21 Å². The monoisotopic (exact) mass is 392 g/mol. The molecule has 0 saturated carbocycles. The molecule has 0 spiro atoms. The number of nitrogens with one attached hydrogen (secondary N) is 1. The fourth-order valence-electron chi connectivity index (χ4n) is 3.41. The minimum Gasteiger partial charge on any atom is -0.459 e. The highest BCUT2D eigenvalue weighted by atomic mass is 32.1. The number of benzene rings is 1. The highest BCUT2D eigenvalue weighted by molar-refractivity contribution is 7.14. The lowest BCUT2D eigenvalue weighted by Crippen LogP contribution is -2.14. The summed E-state index contributed by atoms with van der Waals surface area (Å²) >= 11 is 1.38. The number of furan rings is 1. The number of rotatable bonds is 4. The van der Waals surface area contributed by atoms with Crippen LogP contribution in [0.1, 0.15) is 34.5 Å². The van der Waals surface area contributed by atoms with Crippen molar-refractivity contribution >= 4 is 22.4 Å². The van der Waals surface area contributed by atoms with Crippen LogP contribution in [0.15, 0.2) is 46.7 Å². The minimum absolute atomic E-state index is 0.244. The third-order valence-electron chi connectivity index (χ3n) is 4.79. The number of fused-ring (bicyclic) bond motifs is 1. The zero-order valence-electron chi connectivity index (χ0n) is 14.8. The standard InChI is InChI=1S/C19H16N6O2S/c26-18(17-15-7-2-1-4-13(15)9-27-17)22-19-21-16(10-28-19)12-5-3-6-14(8-12)25-11-20-23-24-25/h3,5-6,8-11H,1-2,4,7H2,(H,21,22,26). The summed E-state index contributed by atoms with van der Waals surface area (Å²) in [6.07, 6.45) is 7.35. The van der Waals surface area contributed by atoms with Crippen LogP contribution in [-0.4, -0.2) is 31.1 Å². The number of tetrazole rings is 1. The summed E-state index contributed by atoms with van der Waals surface area (Å²) in [7, 11) is 0. The number of carbonyl (C=O) groups excluding carboxylic acids is 1. The van der Waals surface area contributed by atoms with E-state index in [-0.39, 0.29) is 5.91 Å². The maximum Gasteiger partial charge on any atom is 0.293 e. The van der Waals surface area contributed by atoms with Gasteiger partial charge in [0.05, 0.1) is 17.6 Å². The maximum absolute atomic E-state index is 12.6. The van der Waals surface area contributed by atoms with Gasteiger partial charge in [-0.2, -0.15) is 0 Å². The van der Waals surface area contributed by atoms with Crippen LogP contribution in [0.4, 0.5) is 5.13 Å². The Morgan fingerprint density at radius 3 is 3.07 bits per heavy atom. The maximum atomic E-state index is 12.6. The van der Waals surface area contributed by atoms with Crippen LogP contribution in [0.25, 0.3) is 16.9 Å². The fourth-order valence-corrected chi connectivity index (χ4v) is 4.13. The molecule has 3 heterocycles. The molecule has 28 heavy (non-hydrogen) atoms. The second-order valence-electron chi connectivity index (χ2n) is 6.57. The molecule has 140 valence electrons. The summed E-state index contributed by atoms with van der Waals surface area (Å²) in [5.41, 5.74) is 4.71. The van der Waals surface area contributed by atoms with E-state index in [9.17, 15) is 4.79 Å². The van der Waals surface area contributed by atoms with Crippen LogP contribution in [0.2, 0.25) is 0 Å². The molecule has 1 aliphatic rings. The molecule has 5 rings (SSSR count). The summed E-state index contributed by atoms with van der Waals surface area (Å²) in [5, 5.41) is 16.5. The van der Waals surface area contributed by atoms with Crippen LogP contribution >= 0.6 is 11.3 Å². The van der Waals surface area contributed by atoms with Crippen molar-refractivity contribution in [2.45, 2.75) is 25.7 Å². The highest BCUT2D eigenvalue weighted by Gasteiger charge is 2.23. The lowest BCUT2D eigenvalue weighted by atomic mass is 9.94. The van der Waals surface area contributed by atoms with E-state index < -0.39 is 0 Å². The normalized spacial score (nSPS) is 13.3. The molecular weight excluding hydrogens is 376 g/mol. The van der Waals surface area contributed by atoms with Crippen molar-refractivity contribution in [3.05, 3.63) is 59.1 Å². The third kappa shape index (κ3) is 3.09. The zero-order valence-corrected chi connectivity index (χ0v) is 15.6. The first-order valence-electron chi connectivity index (χ1n) is 8.98. The van der Waals surface area contributed by atoms with Gasteiger partial charge in [-0.3, -0.25) is 10.1 Å². The van der Waals surface area contributed by atoms with Gasteiger partial charge in [-0.15, -0.1) is 16.4 Å². The van der Waals surface area contributed by atoms with Crippen molar-refractivity contribution in [2.24, 2.45) is 0 Å². The Labute approximate surface area is 164 Å². The first kappa shape index (κ1) is 16.8. The van der Waals surface area contributed by atoms with Gasteiger partial charge in [-0.05, 0) is 53.8 Å². The second-order valence-corrected chi connectivity index (χ2v) is 7.43. The van der Waals surface area contributed by atoms with Crippen molar-refractivity contribution in [1.29, 1.82) is 0 Å². The predicted molar refractivity (Wildman–Crippen MR) is 104 cm³/mol. The average molecular weight is 392 g/mol. The van der Waals surface area contributed by atoms with Crippen molar-refractivity contribution in [3.8, 4) is 16.9 Å². The van der Waals surface area contributed by atoms with Crippen LogP contribution in [0.5, 0.6) is 0 Å². The Morgan fingerprint density at radius 2 is 2.18 bits per heavy atom. The predicted octanol–water partition coefficient (Wildman–Crippen LogP) is 3.51. The van der Waals surface area contributed by atoms with E-state index in [0.29, 0.717) is 10.9 Å². The van der Waals surface area contributed by atoms with Gasteiger partial charge < -0.3 is 4.42 Å². The Balaban J connectivity index is 1.36. The largest absolute Gasteiger partial charge is 0.459 e. The Kier molecular flexibility index (Phi) is 4.21. The molecule has 1 aliphatic carbocycles. The first-order valence-corrected chi connectivity index (χ1v) is 9.86. The van der Waals surface area contributed by atoms with E-state index in [1.54, 1.807) is 10.9 Å². The summed E-state index contributed by atoms with van der Waals surface area (Å²) in [6.45, 7) is 0. The summed E-state index contributed by atoms with van der Waals surface area (Å²) in [4.78, 5) is 17.2. The number of hydrogen-bond donors (Lipinski definition) is 1. The lowest BCUT2D eigenvalue weighted by Gasteiger charge is -2.10. The molecule has 0 unspecified atom stereocenters. The van der Waals surface area contributed by atoms with E-state index in [1.165, 1.54) is 17.7 Å². The van der Waals surface area contributed by atoms with Gasteiger partial charge in [0.15, 0.2) is 10.9 Å².